The molecule has 2 aromatic carbocycles. The Kier molecular flexibility index (Phi) is 6.85. The topological polar surface area (TPSA) is 47.2 Å². The van der Waals surface area contributed by atoms with Gasteiger partial charge < -0.3 is 19.9 Å². The van der Waals surface area contributed by atoms with Gasteiger partial charge in [0.2, 0.25) is 0 Å². The number of para-hydroxylation sites is 1. The molecule has 0 aliphatic carbocycles. The Morgan fingerprint density at radius 3 is 2.41 bits per heavy atom. The van der Waals surface area contributed by atoms with Crippen molar-refractivity contribution in [3.8, 4) is 5.75 Å². The third-order valence-electron chi connectivity index (χ3n) is 5.55. The van der Waals surface area contributed by atoms with Gasteiger partial charge >= 0.3 is 0 Å². The first-order chi connectivity index (χ1) is 13.2. The van der Waals surface area contributed by atoms with Gasteiger partial charge in [-0.15, -0.1) is 0 Å². The summed E-state index contributed by atoms with van der Waals surface area (Å²) in [7, 11) is 1.66. The van der Waals surface area contributed by atoms with Crippen molar-refractivity contribution in [2.24, 2.45) is 0 Å². The molecule has 1 saturated heterocycles. The van der Waals surface area contributed by atoms with E-state index in [9.17, 15) is 4.79 Å². The number of ether oxygens (including phenoxy) is 1. The Bertz CT molecular complexity index is 727. The summed E-state index contributed by atoms with van der Waals surface area (Å²) in [6.45, 7) is 7.89. The van der Waals surface area contributed by atoms with Crippen LogP contribution in [0.4, 0.5) is 0 Å². The van der Waals surface area contributed by atoms with E-state index in [0.29, 0.717) is 6.54 Å². The molecular weight excluding hydrogens is 338 g/mol. The zero-order chi connectivity index (χ0) is 19.1. The number of benzene rings is 2. The SMILES string of the molecule is COc1ccccc1CNC(=O)[C@H](C)[NH+]1CC[NH+](Cc2ccccc2)CC1. The summed E-state index contributed by atoms with van der Waals surface area (Å²) in [5.41, 5.74) is 2.39. The fourth-order valence-corrected chi connectivity index (χ4v) is 3.79. The summed E-state index contributed by atoms with van der Waals surface area (Å²) >= 11 is 0. The molecule has 27 heavy (non-hydrogen) atoms. The van der Waals surface area contributed by atoms with Crippen molar-refractivity contribution < 1.29 is 19.3 Å². The number of hydrogen-bond acceptors (Lipinski definition) is 2. The van der Waals surface area contributed by atoms with Gasteiger partial charge in [0.1, 0.15) is 38.5 Å². The van der Waals surface area contributed by atoms with Gasteiger partial charge in [-0.1, -0.05) is 48.5 Å². The molecule has 1 aliphatic rings. The molecule has 0 unspecified atom stereocenters. The Labute approximate surface area is 161 Å². The Balaban J connectivity index is 1.45. The van der Waals surface area contributed by atoms with Crippen molar-refractivity contribution in [1.82, 2.24) is 5.32 Å². The van der Waals surface area contributed by atoms with Crippen LogP contribution >= 0.6 is 0 Å². The van der Waals surface area contributed by atoms with Crippen LogP contribution in [0.3, 0.4) is 0 Å². The van der Waals surface area contributed by atoms with Crippen LogP contribution in [0.5, 0.6) is 5.75 Å². The Morgan fingerprint density at radius 1 is 1.04 bits per heavy atom. The van der Waals surface area contributed by atoms with Crippen LogP contribution in [-0.2, 0) is 17.9 Å². The quantitative estimate of drug-likeness (QED) is 0.627. The number of methoxy groups -OCH3 is 1. The number of nitrogens with one attached hydrogen (secondary N) is 3. The maximum Gasteiger partial charge on any atom is 0.278 e. The van der Waals surface area contributed by atoms with Gasteiger partial charge in [0, 0.05) is 17.7 Å². The van der Waals surface area contributed by atoms with Crippen molar-refractivity contribution in [2.45, 2.75) is 26.1 Å². The van der Waals surface area contributed by atoms with Gasteiger partial charge in [0.05, 0.1) is 7.11 Å². The van der Waals surface area contributed by atoms with Crippen LogP contribution in [0.25, 0.3) is 0 Å². The van der Waals surface area contributed by atoms with Crippen molar-refractivity contribution in [3.05, 3.63) is 65.7 Å². The summed E-state index contributed by atoms with van der Waals surface area (Å²) in [5.74, 6) is 0.929. The largest absolute Gasteiger partial charge is 0.496 e. The normalized spacial score (nSPS) is 20.7. The van der Waals surface area contributed by atoms with Crippen molar-refractivity contribution in [3.63, 3.8) is 0 Å². The van der Waals surface area contributed by atoms with Crippen LogP contribution in [-0.4, -0.2) is 45.2 Å². The number of carbonyl (C=O) groups excluding carboxylic acids is 1. The lowest BCUT2D eigenvalue weighted by Gasteiger charge is -2.32. The molecule has 1 amide bonds. The van der Waals surface area contributed by atoms with Gasteiger partial charge in [-0.2, -0.15) is 0 Å². The molecule has 1 fully saturated rings. The summed E-state index contributed by atoms with van der Waals surface area (Å²) in [6, 6.07) is 18.4. The molecule has 2 aromatic rings. The molecule has 0 saturated carbocycles. The zero-order valence-corrected chi connectivity index (χ0v) is 16.3. The Morgan fingerprint density at radius 2 is 1.70 bits per heavy atom. The smallest absolute Gasteiger partial charge is 0.278 e. The van der Waals surface area contributed by atoms with Crippen LogP contribution in [0.2, 0.25) is 0 Å². The molecule has 0 spiro atoms. The second kappa shape index (κ2) is 9.53. The predicted octanol–water partition coefficient (Wildman–Crippen LogP) is -0.316. The standard InChI is InChI=1S/C22H29N3O2/c1-18(22(26)23-16-20-10-6-7-11-21(20)27-2)25-14-12-24(13-15-25)17-19-8-4-3-5-9-19/h3-11,18H,12-17H2,1-2H3,(H,23,26)/p+2/t18-/m0/s1. The highest BCUT2D eigenvalue weighted by atomic mass is 16.5. The van der Waals surface area contributed by atoms with Gasteiger partial charge in [-0.05, 0) is 13.0 Å². The predicted molar refractivity (Wildman–Crippen MR) is 106 cm³/mol. The Hall–Kier alpha value is -2.37. The van der Waals surface area contributed by atoms with Gasteiger partial charge in [-0.25, -0.2) is 0 Å². The van der Waals surface area contributed by atoms with E-state index in [2.05, 4.69) is 35.6 Å². The second-order valence-corrected chi connectivity index (χ2v) is 7.32. The number of rotatable bonds is 7. The van der Waals surface area contributed by atoms with E-state index in [0.717, 1.165) is 44.0 Å². The number of hydrogen-bond donors (Lipinski definition) is 3. The van der Waals surface area contributed by atoms with Gasteiger partial charge in [0.15, 0.2) is 6.04 Å². The molecule has 0 aromatic heterocycles. The molecule has 5 heteroatoms. The van der Waals surface area contributed by atoms with E-state index in [1.54, 1.807) is 12.0 Å². The van der Waals surface area contributed by atoms with E-state index in [-0.39, 0.29) is 11.9 Å². The molecule has 1 atom stereocenters. The molecule has 144 valence electrons. The highest BCUT2D eigenvalue weighted by Gasteiger charge is 2.30. The van der Waals surface area contributed by atoms with Crippen molar-refractivity contribution in [2.75, 3.05) is 33.3 Å². The minimum atomic E-state index is -0.0296. The van der Waals surface area contributed by atoms with Crippen molar-refractivity contribution >= 4 is 5.91 Å². The molecule has 3 N–H and O–H groups in total. The first-order valence-electron chi connectivity index (χ1n) is 9.79. The van der Waals surface area contributed by atoms with E-state index >= 15 is 0 Å². The molecule has 1 heterocycles. The van der Waals surface area contributed by atoms with Crippen molar-refractivity contribution in [1.29, 1.82) is 0 Å². The van der Waals surface area contributed by atoms with E-state index in [1.165, 1.54) is 10.5 Å². The number of piperazine rings is 1. The fourth-order valence-electron chi connectivity index (χ4n) is 3.79. The molecular formula is C22H31N3O2+2. The maximum absolute atomic E-state index is 12.6. The third-order valence-corrected chi connectivity index (χ3v) is 5.55. The van der Waals surface area contributed by atoms with Crippen LogP contribution in [0.1, 0.15) is 18.1 Å². The lowest BCUT2D eigenvalue weighted by molar-refractivity contribution is -1.02. The molecule has 3 rings (SSSR count). The van der Waals surface area contributed by atoms with Crippen LogP contribution in [0.15, 0.2) is 54.6 Å². The lowest BCUT2D eigenvalue weighted by atomic mass is 10.1. The fraction of sp³-hybridized carbons (Fsp3) is 0.409. The third kappa shape index (κ3) is 5.31. The highest BCUT2D eigenvalue weighted by Crippen LogP contribution is 2.16. The highest BCUT2D eigenvalue weighted by molar-refractivity contribution is 5.79. The average Bonchev–Trinajstić information content (AvgIpc) is 2.73. The van der Waals surface area contributed by atoms with E-state index in [4.69, 9.17) is 4.74 Å². The minimum absolute atomic E-state index is 0.0296. The minimum Gasteiger partial charge on any atom is -0.496 e. The second-order valence-electron chi connectivity index (χ2n) is 7.32. The average molecular weight is 370 g/mol. The lowest BCUT2D eigenvalue weighted by Crippen LogP contribution is -3.29. The first-order valence-corrected chi connectivity index (χ1v) is 9.79. The number of carbonyl (C=O) groups is 1. The summed E-state index contributed by atoms with van der Waals surface area (Å²) < 4.78 is 5.36. The maximum atomic E-state index is 12.6. The number of amides is 1. The number of quaternary nitrogens is 2. The molecule has 1 aliphatic heterocycles. The summed E-state index contributed by atoms with van der Waals surface area (Å²) in [6.07, 6.45) is 0. The van der Waals surface area contributed by atoms with Gasteiger partial charge in [-0.3, -0.25) is 4.79 Å². The van der Waals surface area contributed by atoms with Crippen LogP contribution in [0, 0.1) is 0 Å². The van der Waals surface area contributed by atoms with Gasteiger partial charge in [0.25, 0.3) is 5.91 Å². The first kappa shape index (κ1) is 19.4. The molecule has 0 bridgehead atoms. The zero-order valence-electron chi connectivity index (χ0n) is 16.3. The summed E-state index contributed by atoms with van der Waals surface area (Å²) in [4.78, 5) is 15.6. The van der Waals surface area contributed by atoms with Crippen LogP contribution < -0.4 is 19.9 Å². The van der Waals surface area contributed by atoms with E-state index < -0.39 is 0 Å². The molecule has 5 nitrogen and oxygen atoms in total. The van der Waals surface area contributed by atoms with E-state index in [1.807, 2.05) is 31.2 Å². The summed E-state index contributed by atoms with van der Waals surface area (Å²) in [5, 5.41) is 3.08. The molecule has 0 radical (unpaired) electrons. The monoisotopic (exact) mass is 369 g/mol.